The van der Waals surface area contributed by atoms with Crippen molar-refractivity contribution in [3.63, 3.8) is 0 Å². The van der Waals surface area contributed by atoms with Crippen LogP contribution in [0.25, 0.3) is 22.2 Å². The molecular formula is C23H20N6O. The number of pyridine rings is 2. The lowest BCUT2D eigenvalue weighted by molar-refractivity contribution is 0.390. The molecule has 1 aromatic carbocycles. The van der Waals surface area contributed by atoms with Gasteiger partial charge in [-0.15, -0.1) is 0 Å². The second-order valence-electron chi connectivity index (χ2n) is 7.87. The standard InChI is InChI=1S/C23H20N6O/c1-23(2,3)29-21-19(8-5-11-25-21)20(28-22(29)30)27-17-7-4-6-15(12-17)16-9-10-18(13-24)26-14-16/h4-12,14H,1-3H3,(H,27,28,30). The maximum absolute atomic E-state index is 12.8. The molecule has 4 rings (SSSR count). The molecule has 0 bridgehead atoms. The highest BCUT2D eigenvalue weighted by atomic mass is 16.1. The van der Waals surface area contributed by atoms with E-state index in [1.807, 2.05) is 69.3 Å². The molecule has 0 fully saturated rings. The fraction of sp³-hybridized carbons (Fsp3) is 0.174. The van der Waals surface area contributed by atoms with Crippen molar-refractivity contribution in [1.82, 2.24) is 19.5 Å². The lowest BCUT2D eigenvalue weighted by Crippen LogP contribution is -2.36. The van der Waals surface area contributed by atoms with E-state index < -0.39 is 5.54 Å². The molecule has 1 N–H and O–H groups in total. The summed E-state index contributed by atoms with van der Waals surface area (Å²) in [6.45, 7) is 5.85. The number of rotatable bonds is 3. The first-order valence-electron chi connectivity index (χ1n) is 9.49. The van der Waals surface area contributed by atoms with Gasteiger partial charge in [0, 0.05) is 29.2 Å². The fourth-order valence-corrected chi connectivity index (χ4v) is 3.30. The predicted octanol–water partition coefficient (Wildman–Crippen LogP) is 4.22. The first kappa shape index (κ1) is 19.3. The van der Waals surface area contributed by atoms with Crippen LogP contribution in [0.2, 0.25) is 0 Å². The molecule has 3 heterocycles. The molecular weight excluding hydrogens is 376 g/mol. The third-order valence-electron chi connectivity index (χ3n) is 4.66. The van der Waals surface area contributed by atoms with E-state index in [0.717, 1.165) is 22.2 Å². The summed E-state index contributed by atoms with van der Waals surface area (Å²) in [6.07, 6.45) is 3.34. The molecule has 0 aliphatic rings. The summed E-state index contributed by atoms with van der Waals surface area (Å²) in [7, 11) is 0. The van der Waals surface area contributed by atoms with E-state index in [4.69, 9.17) is 5.26 Å². The zero-order valence-electron chi connectivity index (χ0n) is 16.9. The first-order valence-corrected chi connectivity index (χ1v) is 9.49. The molecule has 0 saturated carbocycles. The zero-order valence-corrected chi connectivity index (χ0v) is 16.9. The third kappa shape index (κ3) is 3.63. The molecule has 0 atom stereocenters. The van der Waals surface area contributed by atoms with Gasteiger partial charge >= 0.3 is 5.69 Å². The molecule has 0 aliphatic carbocycles. The highest BCUT2D eigenvalue weighted by Crippen LogP contribution is 2.27. The largest absolute Gasteiger partial charge is 0.351 e. The van der Waals surface area contributed by atoms with Gasteiger partial charge in [0.25, 0.3) is 0 Å². The molecule has 0 aliphatic heterocycles. The monoisotopic (exact) mass is 396 g/mol. The van der Waals surface area contributed by atoms with Gasteiger partial charge in [-0.25, -0.2) is 14.8 Å². The number of nitrogens with one attached hydrogen (secondary N) is 1. The second-order valence-corrected chi connectivity index (χ2v) is 7.87. The van der Waals surface area contributed by atoms with Crippen LogP contribution in [-0.4, -0.2) is 19.5 Å². The van der Waals surface area contributed by atoms with Crippen LogP contribution in [0.15, 0.2) is 65.7 Å². The second kappa shape index (κ2) is 7.41. The number of benzene rings is 1. The summed E-state index contributed by atoms with van der Waals surface area (Å²) in [5.74, 6) is 0.457. The number of nitrogens with zero attached hydrogens (tertiary/aromatic N) is 5. The molecule has 4 aromatic rings. The summed E-state index contributed by atoms with van der Waals surface area (Å²) in [5.41, 5.74) is 2.75. The highest BCUT2D eigenvalue weighted by molar-refractivity contribution is 5.89. The van der Waals surface area contributed by atoms with Gasteiger partial charge in [-0.1, -0.05) is 12.1 Å². The molecule has 7 heteroatoms. The summed E-state index contributed by atoms with van der Waals surface area (Å²) in [5, 5.41) is 12.9. The molecule has 148 valence electrons. The summed E-state index contributed by atoms with van der Waals surface area (Å²) in [6, 6.07) is 17.0. The van der Waals surface area contributed by atoms with E-state index in [0.29, 0.717) is 17.2 Å². The summed E-state index contributed by atoms with van der Waals surface area (Å²) < 4.78 is 1.60. The Morgan fingerprint density at radius 1 is 1.03 bits per heavy atom. The number of nitriles is 1. The molecule has 0 radical (unpaired) electrons. The van der Waals surface area contributed by atoms with E-state index >= 15 is 0 Å². The minimum absolute atomic E-state index is 0.358. The summed E-state index contributed by atoms with van der Waals surface area (Å²) in [4.78, 5) is 25.6. The third-order valence-corrected chi connectivity index (χ3v) is 4.66. The molecule has 0 unspecified atom stereocenters. The number of fused-ring (bicyclic) bond motifs is 1. The molecule has 7 nitrogen and oxygen atoms in total. The van der Waals surface area contributed by atoms with Crippen molar-refractivity contribution in [3.05, 3.63) is 77.1 Å². The van der Waals surface area contributed by atoms with Crippen molar-refractivity contribution in [3.8, 4) is 17.2 Å². The topological polar surface area (TPSA) is 96.5 Å². The van der Waals surface area contributed by atoms with Crippen LogP contribution in [0.1, 0.15) is 26.5 Å². The Morgan fingerprint density at radius 2 is 1.87 bits per heavy atom. The maximum atomic E-state index is 12.8. The molecule has 30 heavy (non-hydrogen) atoms. The Bertz CT molecular complexity index is 1330. The Morgan fingerprint density at radius 3 is 2.57 bits per heavy atom. The van der Waals surface area contributed by atoms with Gasteiger partial charge in [-0.2, -0.15) is 10.2 Å². The number of anilines is 2. The quantitative estimate of drug-likeness (QED) is 0.557. The van der Waals surface area contributed by atoms with Crippen molar-refractivity contribution in [2.24, 2.45) is 0 Å². The van der Waals surface area contributed by atoms with Gasteiger partial charge in [0.15, 0.2) is 0 Å². The van der Waals surface area contributed by atoms with Crippen LogP contribution >= 0.6 is 0 Å². The van der Waals surface area contributed by atoms with Gasteiger partial charge in [0.2, 0.25) is 0 Å². The predicted molar refractivity (Wildman–Crippen MR) is 116 cm³/mol. The first-order chi connectivity index (χ1) is 14.4. The zero-order chi connectivity index (χ0) is 21.3. The molecule has 3 aromatic heterocycles. The molecule has 0 amide bonds. The SMILES string of the molecule is CC(C)(C)n1c(=O)nc(Nc2cccc(-c3ccc(C#N)nc3)c2)c2cccnc21. The Labute approximate surface area is 173 Å². The van der Waals surface area contributed by atoms with Crippen molar-refractivity contribution in [1.29, 1.82) is 5.26 Å². The normalized spacial score (nSPS) is 11.3. The van der Waals surface area contributed by atoms with Crippen LogP contribution in [0.4, 0.5) is 11.5 Å². The average molecular weight is 396 g/mol. The molecule has 0 spiro atoms. The Hall–Kier alpha value is -4.05. The minimum Gasteiger partial charge on any atom is -0.339 e. The van der Waals surface area contributed by atoms with Gasteiger partial charge in [-0.05, 0) is 62.7 Å². The van der Waals surface area contributed by atoms with Crippen LogP contribution in [0, 0.1) is 11.3 Å². The van der Waals surface area contributed by atoms with E-state index in [2.05, 4.69) is 20.3 Å². The van der Waals surface area contributed by atoms with Crippen molar-refractivity contribution in [2.45, 2.75) is 26.3 Å². The van der Waals surface area contributed by atoms with E-state index in [1.165, 1.54) is 0 Å². The van der Waals surface area contributed by atoms with Crippen LogP contribution in [0.3, 0.4) is 0 Å². The smallest absolute Gasteiger partial charge is 0.339 e. The maximum Gasteiger partial charge on any atom is 0.351 e. The summed E-state index contributed by atoms with van der Waals surface area (Å²) >= 11 is 0. The van der Waals surface area contributed by atoms with E-state index in [1.54, 1.807) is 23.0 Å². The van der Waals surface area contributed by atoms with Gasteiger partial charge in [-0.3, -0.25) is 4.57 Å². The van der Waals surface area contributed by atoms with Crippen molar-refractivity contribution < 1.29 is 0 Å². The van der Waals surface area contributed by atoms with Gasteiger partial charge < -0.3 is 5.32 Å². The van der Waals surface area contributed by atoms with Crippen LogP contribution in [-0.2, 0) is 5.54 Å². The minimum atomic E-state index is -0.447. The highest BCUT2D eigenvalue weighted by Gasteiger charge is 2.21. The van der Waals surface area contributed by atoms with Gasteiger partial charge in [0.1, 0.15) is 23.2 Å². The van der Waals surface area contributed by atoms with E-state index in [9.17, 15) is 4.79 Å². The van der Waals surface area contributed by atoms with E-state index in [-0.39, 0.29) is 5.69 Å². The number of hydrogen-bond acceptors (Lipinski definition) is 6. The van der Waals surface area contributed by atoms with Gasteiger partial charge in [0.05, 0.1) is 5.39 Å². The van der Waals surface area contributed by atoms with Crippen molar-refractivity contribution in [2.75, 3.05) is 5.32 Å². The lowest BCUT2D eigenvalue weighted by Gasteiger charge is -2.24. The fourth-order valence-electron chi connectivity index (χ4n) is 3.30. The number of hydrogen-bond donors (Lipinski definition) is 1. The van der Waals surface area contributed by atoms with Crippen LogP contribution < -0.4 is 11.0 Å². The Balaban J connectivity index is 1.77. The molecule has 0 saturated heterocycles. The Kier molecular flexibility index (Phi) is 4.76. The number of aromatic nitrogens is 4. The average Bonchev–Trinajstić information content (AvgIpc) is 2.73. The lowest BCUT2D eigenvalue weighted by atomic mass is 10.1. The van der Waals surface area contributed by atoms with Crippen LogP contribution in [0.5, 0.6) is 0 Å². The van der Waals surface area contributed by atoms with Crippen molar-refractivity contribution >= 4 is 22.5 Å².